The second kappa shape index (κ2) is 6.04. The van der Waals surface area contributed by atoms with Gasteiger partial charge in [0.1, 0.15) is 0 Å². The van der Waals surface area contributed by atoms with Crippen LogP contribution in [0.15, 0.2) is 4.42 Å². The molecule has 21 heavy (non-hydrogen) atoms. The van der Waals surface area contributed by atoms with Gasteiger partial charge in [0, 0.05) is 19.0 Å². The molecule has 1 atom stereocenters. The van der Waals surface area contributed by atoms with Gasteiger partial charge in [0.2, 0.25) is 21.8 Å². The largest absolute Gasteiger partial charge is 0.425 e. The lowest BCUT2D eigenvalue weighted by Gasteiger charge is -2.28. The molecule has 2 fully saturated rings. The summed E-state index contributed by atoms with van der Waals surface area (Å²) in [6, 6.07) is 0. The minimum atomic E-state index is -3.14. The average molecular weight is 313 g/mol. The predicted octanol–water partition coefficient (Wildman–Crippen LogP) is 2.26. The van der Waals surface area contributed by atoms with Crippen LogP contribution in [-0.4, -0.2) is 42.3 Å². The molecule has 1 saturated carbocycles. The minimum absolute atomic E-state index is 0.0401. The molecular weight excluding hydrogens is 290 g/mol. The highest BCUT2D eigenvalue weighted by Gasteiger charge is 2.31. The molecule has 1 aromatic rings. The van der Waals surface area contributed by atoms with Gasteiger partial charge in [-0.15, -0.1) is 10.2 Å². The van der Waals surface area contributed by atoms with Crippen LogP contribution in [0.3, 0.4) is 0 Å². The standard InChI is InChI=1S/C14H23N3O3S/c1-21(18,19)17-9-5-8-12(10-17)14-16-15-13(20-14)11-6-3-2-4-7-11/h11-12H,2-10H2,1H3. The Hall–Kier alpha value is -0.950. The number of rotatable bonds is 3. The first-order chi connectivity index (χ1) is 10.0. The third-order valence-corrected chi connectivity index (χ3v) is 5.88. The summed E-state index contributed by atoms with van der Waals surface area (Å²) in [5.74, 6) is 1.80. The number of hydrogen-bond donors (Lipinski definition) is 0. The predicted molar refractivity (Wildman–Crippen MR) is 78.5 cm³/mol. The Morgan fingerprint density at radius 2 is 1.62 bits per heavy atom. The lowest BCUT2D eigenvalue weighted by molar-refractivity contribution is 0.274. The molecule has 3 rings (SSSR count). The molecule has 1 aliphatic carbocycles. The van der Waals surface area contributed by atoms with Crippen molar-refractivity contribution in [2.24, 2.45) is 0 Å². The van der Waals surface area contributed by atoms with E-state index in [1.165, 1.54) is 29.8 Å². The highest BCUT2D eigenvalue weighted by atomic mass is 32.2. The number of sulfonamides is 1. The van der Waals surface area contributed by atoms with E-state index in [1.54, 1.807) is 0 Å². The van der Waals surface area contributed by atoms with Gasteiger partial charge in [-0.25, -0.2) is 12.7 Å². The summed E-state index contributed by atoms with van der Waals surface area (Å²) in [4.78, 5) is 0. The smallest absolute Gasteiger partial charge is 0.220 e. The Kier molecular flexibility index (Phi) is 4.31. The fourth-order valence-corrected chi connectivity index (χ4v) is 4.28. The molecule has 0 aromatic carbocycles. The van der Waals surface area contributed by atoms with E-state index in [0.717, 1.165) is 31.6 Å². The average Bonchev–Trinajstić information content (AvgIpc) is 2.97. The van der Waals surface area contributed by atoms with Crippen LogP contribution in [-0.2, 0) is 10.0 Å². The van der Waals surface area contributed by atoms with E-state index in [0.29, 0.717) is 24.9 Å². The van der Waals surface area contributed by atoms with Crippen LogP contribution in [0.25, 0.3) is 0 Å². The Bertz CT molecular complexity index is 578. The van der Waals surface area contributed by atoms with E-state index in [1.807, 2.05) is 0 Å². The fourth-order valence-electron chi connectivity index (χ4n) is 3.37. The molecule has 0 amide bonds. The van der Waals surface area contributed by atoms with E-state index in [2.05, 4.69) is 10.2 Å². The molecule has 1 aromatic heterocycles. The molecule has 118 valence electrons. The van der Waals surface area contributed by atoms with Crippen molar-refractivity contribution in [3.05, 3.63) is 11.8 Å². The molecule has 0 radical (unpaired) electrons. The van der Waals surface area contributed by atoms with E-state index in [4.69, 9.17) is 4.42 Å². The summed E-state index contributed by atoms with van der Waals surface area (Å²) in [6.07, 6.45) is 9.03. The molecule has 2 heterocycles. The van der Waals surface area contributed by atoms with Crippen molar-refractivity contribution in [1.82, 2.24) is 14.5 Å². The molecule has 7 heteroatoms. The first-order valence-corrected chi connectivity index (χ1v) is 9.67. The van der Waals surface area contributed by atoms with Gasteiger partial charge in [-0.3, -0.25) is 0 Å². The first-order valence-electron chi connectivity index (χ1n) is 7.82. The van der Waals surface area contributed by atoms with Crippen LogP contribution >= 0.6 is 0 Å². The Labute approximate surface area is 126 Å². The molecule has 0 spiro atoms. The molecule has 2 aliphatic rings. The molecule has 1 saturated heterocycles. The summed E-state index contributed by atoms with van der Waals surface area (Å²) in [5.41, 5.74) is 0. The SMILES string of the molecule is CS(=O)(=O)N1CCCC(c2nnc(C3CCCCC3)o2)C1. The number of piperidine rings is 1. The van der Waals surface area contributed by atoms with Crippen LogP contribution in [0, 0.1) is 0 Å². The van der Waals surface area contributed by atoms with Crippen molar-refractivity contribution in [3.8, 4) is 0 Å². The minimum Gasteiger partial charge on any atom is -0.425 e. The summed E-state index contributed by atoms with van der Waals surface area (Å²) < 4.78 is 30.7. The van der Waals surface area contributed by atoms with Crippen LogP contribution in [0.1, 0.15) is 68.6 Å². The Morgan fingerprint density at radius 3 is 2.29 bits per heavy atom. The van der Waals surface area contributed by atoms with Gasteiger partial charge in [-0.05, 0) is 25.7 Å². The van der Waals surface area contributed by atoms with Crippen LogP contribution in [0.4, 0.5) is 0 Å². The zero-order chi connectivity index (χ0) is 14.9. The highest BCUT2D eigenvalue weighted by molar-refractivity contribution is 7.88. The zero-order valence-electron chi connectivity index (χ0n) is 12.5. The monoisotopic (exact) mass is 313 g/mol. The summed E-state index contributed by atoms with van der Waals surface area (Å²) in [6.45, 7) is 1.06. The van der Waals surface area contributed by atoms with E-state index in [-0.39, 0.29) is 5.92 Å². The second-order valence-corrected chi connectivity index (χ2v) is 8.26. The van der Waals surface area contributed by atoms with Crippen molar-refractivity contribution >= 4 is 10.0 Å². The number of nitrogens with zero attached hydrogens (tertiary/aromatic N) is 3. The van der Waals surface area contributed by atoms with Crippen molar-refractivity contribution < 1.29 is 12.8 Å². The van der Waals surface area contributed by atoms with Crippen molar-refractivity contribution in [3.63, 3.8) is 0 Å². The van der Waals surface area contributed by atoms with Crippen molar-refractivity contribution in [2.75, 3.05) is 19.3 Å². The summed E-state index contributed by atoms with van der Waals surface area (Å²) in [5, 5.41) is 8.41. The van der Waals surface area contributed by atoms with Gasteiger partial charge in [0.15, 0.2) is 0 Å². The molecule has 1 unspecified atom stereocenters. The maximum absolute atomic E-state index is 11.7. The van der Waals surface area contributed by atoms with Gasteiger partial charge in [0.25, 0.3) is 0 Å². The van der Waals surface area contributed by atoms with Gasteiger partial charge < -0.3 is 4.42 Å². The second-order valence-electron chi connectivity index (χ2n) is 6.27. The van der Waals surface area contributed by atoms with Gasteiger partial charge >= 0.3 is 0 Å². The van der Waals surface area contributed by atoms with Gasteiger partial charge in [-0.1, -0.05) is 19.3 Å². The summed E-state index contributed by atoms with van der Waals surface area (Å²) >= 11 is 0. The first kappa shape index (κ1) is 15.0. The van der Waals surface area contributed by atoms with Crippen LogP contribution in [0.5, 0.6) is 0 Å². The fraction of sp³-hybridized carbons (Fsp3) is 0.857. The number of aromatic nitrogens is 2. The molecule has 1 aliphatic heterocycles. The Morgan fingerprint density at radius 1 is 1.00 bits per heavy atom. The normalized spacial score (nSPS) is 26.0. The quantitative estimate of drug-likeness (QED) is 0.855. The molecular formula is C14H23N3O3S. The maximum atomic E-state index is 11.7. The lowest BCUT2D eigenvalue weighted by Crippen LogP contribution is -2.38. The number of hydrogen-bond acceptors (Lipinski definition) is 5. The third kappa shape index (κ3) is 3.45. The molecule has 0 bridgehead atoms. The van der Waals surface area contributed by atoms with Crippen LogP contribution < -0.4 is 0 Å². The Balaban J connectivity index is 1.70. The summed E-state index contributed by atoms with van der Waals surface area (Å²) in [7, 11) is -3.14. The van der Waals surface area contributed by atoms with Crippen molar-refractivity contribution in [2.45, 2.75) is 56.8 Å². The molecule has 6 nitrogen and oxygen atoms in total. The van der Waals surface area contributed by atoms with Gasteiger partial charge in [-0.2, -0.15) is 0 Å². The zero-order valence-corrected chi connectivity index (χ0v) is 13.3. The van der Waals surface area contributed by atoms with Gasteiger partial charge in [0.05, 0.1) is 12.2 Å². The van der Waals surface area contributed by atoms with Crippen LogP contribution in [0.2, 0.25) is 0 Å². The van der Waals surface area contributed by atoms with E-state index >= 15 is 0 Å². The molecule has 0 N–H and O–H groups in total. The maximum Gasteiger partial charge on any atom is 0.220 e. The van der Waals surface area contributed by atoms with Crippen molar-refractivity contribution in [1.29, 1.82) is 0 Å². The topological polar surface area (TPSA) is 76.3 Å². The van der Waals surface area contributed by atoms with E-state index in [9.17, 15) is 8.42 Å². The third-order valence-electron chi connectivity index (χ3n) is 4.61. The highest BCUT2D eigenvalue weighted by Crippen LogP contribution is 2.34. The van der Waals surface area contributed by atoms with E-state index < -0.39 is 10.0 Å². The lowest BCUT2D eigenvalue weighted by atomic mass is 9.89.